The van der Waals surface area contributed by atoms with E-state index in [2.05, 4.69) is 15.2 Å². The van der Waals surface area contributed by atoms with Gasteiger partial charge in [0.1, 0.15) is 0 Å². The Morgan fingerprint density at radius 1 is 1.58 bits per heavy atom. The average molecular weight is 265 g/mol. The van der Waals surface area contributed by atoms with E-state index in [9.17, 15) is 0 Å². The van der Waals surface area contributed by atoms with Gasteiger partial charge in [0.25, 0.3) is 0 Å². The van der Waals surface area contributed by atoms with Crippen molar-refractivity contribution in [3.63, 3.8) is 0 Å². The lowest BCUT2D eigenvalue weighted by Crippen LogP contribution is -2.50. The van der Waals surface area contributed by atoms with Crippen molar-refractivity contribution in [3.8, 4) is 5.75 Å². The van der Waals surface area contributed by atoms with E-state index in [4.69, 9.17) is 9.47 Å². The maximum Gasteiger partial charge on any atom is 0.171 e. The standard InChI is InChI=1S/C14H23N3O2/c1-11(2)19-13-5-4-6-16-14(13)17-7-8-18-10-12(17)9-15-3/h4-6,11-12,15H,7-10H2,1-3H3. The minimum absolute atomic E-state index is 0.145. The molecule has 1 aliphatic heterocycles. The number of anilines is 1. The second-order valence-electron chi connectivity index (χ2n) is 4.97. The summed E-state index contributed by atoms with van der Waals surface area (Å²) >= 11 is 0. The molecule has 0 aromatic carbocycles. The molecular weight excluding hydrogens is 242 g/mol. The molecular formula is C14H23N3O2. The van der Waals surface area contributed by atoms with Crippen molar-refractivity contribution >= 4 is 5.82 Å². The van der Waals surface area contributed by atoms with Crippen LogP contribution in [0.5, 0.6) is 5.75 Å². The summed E-state index contributed by atoms with van der Waals surface area (Å²) in [4.78, 5) is 6.78. The smallest absolute Gasteiger partial charge is 0.171 e. The Bertz CT molecular complexity index is 396. The van der Waals surface area contributed by atoms with Crippen LogP contribution in [0.15, 0.2) is 18.3 Å². The van der Waals surface area contributed by atoms with Gasteiger partial charge in [0.15, 0.2) is 11.6 Å². The molecule has 0 saturated carbocycles. The molecule has 1 aromatic heterocycles. The molecule has 0 bridgehead atoms. The van der Waals surface area contributed by atoms with E-state index in [1.165, 1.54) is 0 Å². The Kier molecular flexibility index (Phi) is 4.99. The van der Waals surface area contributed by atoms with Crippen molar-refractivity contribution in [1.29, 1.82) is 0 Å². The number of rotatable bonds is 5. The van der Waals surface area contributed by atoms with Crippen molar-refractivity contribution < 1.29 is 9.47 Å². The van der Waals surface area contributed by atoms with Gasteiger partial charge in [-0.05, 0) is 33.0 Å². The van der Waals surface area contributed by atoms with Crippen LogP contribution in [-0.2, 0) is 4.74 Å². The highest BCUT2D eigenvalue weighted by Crippen LogP contribution is 2.28. The highest BCUT2D eigenvalue weighted by Gasteiger charge is 2.26. The summed E-state index contributed by atoms with van der Waals surface area (Å²) in [7, 11) is 1.96. The summed E-state index contributed by atoms with van der Waals surface area (Å²) in [6, 6.07) is 4.19. The second-order valence-corrected chi connectivity index (χ2v) is 4.97. The number of ether oxygens (including phenoxy) is 2. The van der Waals surface area contributed by atoms with Crippen LogP contribution in [0.25, 0.3) is 0 Å². The maximum atomic E-state index is 5.86. The molecule has 1 unspecified atom stereocenters. The van der Waals surface area contributed by atoms with Crippen LogP contribution in [0.2, 0.25) is 0 Å². The highest BCUT2D eigenvalue weighted by atomic mass is 16.5. The Morgan fingerprint density at radius 3 is 3.16 bits per heavy atom. The second kappa shape index (κ2) is 6.73. The monoisotopic (exact) mass is 265 g/mol. The van der Waals surface area contributed by atoms with Crippen LogP contribution in [-0.4, -0.2) is 50.5 Å². The first-order chi connectivity index (χ1) is 9.22. The fraction of sp³-hybridized carbons (Fsp3) is 0.643. The molecule has 1 aliphatic rings. The molecule has 2 heterocycles. The molecule has 0 aliphatic carbocycles. The van der Waals surface area contributed by atoms with Gasteiger partial charge in [-0.15, -0.1) is 0 Å². The molecule has 0 amide bonds. The lowest BCUT2D eigenvalue weighted by atomic mass is 10.2. The molecule has 1 N–H and O–H groups in total. The summed E-state index contributed by atoms with van der Waals surface area (Å²) in [5.41, 5.74) is 0. The van der Waals surface area contributed by atoms with Gasteiger partial charge in [-0.2, -0.15) is 0 Å². The molecule has 1 atom stereocenters. The van der Waals surface area contributed by atoms with Crippen LogP contribution >= 0.6 is 0 Å². The first-order valence-corrected chi connectivity index (χ1v) is 6.83. The van der Waals surface area contributed by atoms with Crippen molar-refractivity contribution in [2.75, 3.05) is 38.3 Å². The lowest BCUT2D eigenvalue weighted by molar-refractivity contribution is 0.0933. The van der Waals surface area contributed by atoms with Gasteiger partial charge in [-0.25, -0.2) is 4.98 Å². The zero-order valence-corrected chi connectivity index (χ0v) is 11.9. The van der Waals surface area contributed by atoms with E-state index in [0.29, 0.717) is 6.04 Å². The number of nitrogens with zero attached hydrogens (tertiary/aromatic N) is 2. The number of aromatic nitrogens is 1. The maximum absolute atomic E-state index is 5.86. The van der Waals surface area contributed by atoms with Crippen LogP contribution in [0.1, 0.15) is 13.8 Å². The number of pyridine rings is 1. The molecule has 0 radical (unpaired) electrons. The van der Waals surface area contributed by atoms with E-state index in [1.807, 2.05) is 39.2 Å². The summed E-state index contributed by atoms with van der Waals surface area (Å²) < 4.78 is 11.4. The Morgan fingerprint density at radius 2 is 2.42 bits per heavy atom. The first-order valence-electron chi connectivity index (χ1n) is 6.83. The number of likely N-dealkylation sites (N-methyl/N-ethyl adjacent to an activating group) is 1. The predicted octanol–water partition coefficient (Wildman–Crippen LogP) is 1.29. The Balaban J connectivity index is 2.22. The van der Waals surface area contributed by atoms with Crippen molar-refractivity contribution in [1.82, 2.24) is 10.3 Å². The van der Waals surface area contributed by atoms with Crippen LogP contribution in [0, 0.1) is 0 Å². The van der Waals surface area contributed by atoms with Gasteiger partial charge in [0.2, 0.25) is 0 Å². The summed E-state index contributed by atoms with van der Waals surface area (Å²) in [5.74, 6) is 1.76. The summed E-state index contributed by atoms with van der Waals surface area (Å²) in [6.07, 6.45) is 1.96. The van der Waals surface area contributed by atoms with E-state index < -0.39 is 0 Å². The minimum Gasteiger partial charge on any atom is -0.487 e. The van der Waals surface area contributed by atoms with Crippen molar-refractivity contribution in [3.05, 3.63) is 18.3 Å². The third kappa shape index (κ3) is 3.58. The summed E-state index contributed by atoms with van der Waals surface area (Å²) in [6.45, 7) is 7.23. The van der Waals surface area contributed by atoms with Gasteiger partial charge in [-0.3, -0.25) is 0 Å². The van der Waals surface area contributed by atoms with E-state index in [1.54, 1.807) is 0 Å². The van der Waals surface area contributed by atoms with Crippen LogP contribution in [0.4, 0.5) is 5.82 Å². The van der Waals surface area contributed by atoms with Gasteiger partial charge >= 0.3 is 0 Å². The van der Waals surface area contributed by atoms with Crippen LogP contribution in [0.3, 0.4) is 0 Å². The number of hydrogen-bond donors (Lipinski definition) is 1. The molecule has 19 heavy (non-hydrogen) atoms. The Labute approximate surface area is 114 Å². The average Bonchev–Trinajstić information content (AvgIpc) is 2.40. The largest absolute Gasteiger partial charge is 0.487 e. The molecule has 1 fully saturated rings. The number of hydrogen-bond acceptors (Lipinski definition) is 5. The highest BCUT2D eigenvalue weighted by molar-refractivity contribution is 5.53. The van der Waals surface area contributed by atoms with Crippen LogP contribution < -0.4 is 15.0 Å². The first kappa shape index (κ1) is 14.1. The summed E-state index contributed by atoms with van der Waals surface area (Å²) in [5, 5.41) is 3.21. The SMILES string of the molecule is CNCC1COCCN1c1ncccc1OC(C)C. The zero-order chi connectivity index (χ0) is 13.7. The quantitative estimate of drug-likeness (QED) is 0.869. The third-order valence-corrected chi connectivity index (χ3v) is 3.05. The number of nitrogens with one attached hydrogen (secondary N) is 1. The molecule has 5 heteroatoms. The van der Waals surface area contributed by atoms with E-state index in [-0.39, 0.29) is 6.10 Å². The molecule has 5 nitrogen and oxygen atoms in total. The topological polar surface area (TPSA) is 46.6 Å². The van der Waals surface area contributed by atoms with Crippen molar-refractivity contribution in [2.24, 2.45) is 0 Å². The molecule has 0 spiro atoms. The minimum atomic E-state index is 0.145. The van der Waals surface area contributed by atoms with Gasteiger partial charge in [0, 0.05) is 19.3 Å². The fourth-order valence-corrected chi connectivity index (χ4v) is 2.28. The normalized spacial score (nSPS) is 19.8. The number of morpholine rings is 1. The predicted molar refractivity (Wildman–Crippen MR) is 75.9 cm³/mol. The van der Waals surface area contributed by atoms with Crippen molar-refractivity contribution in [2.45, 2.75) is 26.0 Å². The zero-order valence-electron chi connectivity index (χ0n) is 11.9. The van der Waals surface area contributed by atoms with Gasteiger partial charge in [0.05, 0.1) is 25.4 Å². The molecule has 2 rings (SSSR count). The van der Waals surface area contributed by atoms with E-state index in [0.717, 1.165) is 37.9 Å². The lowest BCUT2D eigenvalue weighted by Gasteiger charge is -2.37. The van der Waals surface area contributed by atoms with E-state index >= 15 is 0 Å². The molecule has 1 saturated heterocycles. The molecule has 106 valence electrons. The Hall–Kier alpha value is -1.33. The fourth-order valence-electron chi connectivity index (χ4n) is 2.28. The van der Waals surface area contributed by atoms with Gasteiger partial charge < -0.3 is 19.7 Å². The molecule has 1 aromatic rings. The van der Waals surface area contributed by atoms with Gasteiger partial charge in [-0.1, -0.05) is 0 Å². The third-order valence-electron chi connectivity index (χ3n) is 3.05.